The predicted octanol–water partition coefficient (Wildman–Crippen LogP) is 13.0. The molecule has 5 heteroatoms. The molecule has 5 nitrogen and oxygen atoms in total. The summed E-state index contributed by atoms with van der Waals surface area (Å²) in [7, 11) is 0. The van der Waals surface area contributed by atoms with E-state index >= 15 is 0 Å². The van der Waals surface area contributed by atoms with Crippen LogP contribution < -0.4 is 0 Å². The van der Waals surface area contributed by atoms with E-state index in [4.69, 9.17) is 15.0 Å². The van der Waals surface area contributed by atoms with E-state index < -0.39 is 0 Å². The van der Waals surface area contributed by atoms with E-state index in [2.05, 4.69) is 140 Å². The van der Waals surface area contributed by atoms with Gasteiger partial charge in [0.25, 0.3) is 0 Å². The number of rotatable bonds is 7. The second kappa shape index (κ2) is 14.3. The fraction of sp³-hybridized carbons (Fsp3) is 0.231. The van der Waals surface area contributed by atoms with Crippen LogP contribution in [0.2, 0.25) is 0 Å². The summed E-state index contributed by atoms with van der Waals surface area (Å²) in [5.74, 6) is 4.33. The summed E-state index contributed by atoms with van der Waals surface area (Å²) in [5, 5.41) is 12.0. The van der Waals surface area contributed by atoms with Crippen molar-refractivity contribution >= 4 is 21.8 Å². The molecule has 8 aromatic rings. The number of aromatic nitrogens is 4. The van der Waals surface area contributed by atoms with Crippen LogP contribution in [0.5, 0.6) is 0 Å². The predicted molar refractivity (Wildman–Crippen MR) is 232 cm³/mol. The van der Waals surface area contributed by atoms with Gasteiger partial charge in [-0.2, -0.15) is 5.26 Å². The third kappa shape index (κ3) is 6.30. The van der Waals surface area contributed by atoms with Crippen LogP contribution >= 0.6 is 0 Å². The summed E-state index contributed by atoms with van der Waals surface area (Å²) in [6, 6.07) is 53.2. The maximum absolute atomic E-state index is 9.80. The molecule has 1 unspecified atom stereocenters. The summed E-state index contributed by atoms with van der Waals surface area (Å²) in [4.78, 5) is 15.5. The van der Waals surface area contributed by atoms with Gasteiger partial charge in [-0.25, -0.2) is 15.0 Å². The Labute approximate surface area is 334 Å². The Morgan fingerprint density at radius 3 is 2.12 bits per heavy atom. The molecule has 2 aliphatic carbocycles. The summed E-state index contributed by atoms with van der Waals surface area (Å²) in [5.41, 5.74) is 10.5. The van der Waals surface area contributed by atoms with Crippen LogP contribution in [0.3, 0.4) is 0 Å². The van der Waals surface area contributed by atoms with E-state index in [1.165, 1.54) is 49.7 Å². The lowest BCUT2D eigenvalue weighted by Gasteiger charge is -2.51. The van der Waals surface area contributed by atoms with Crippen molar-refractivity contribution in [2.45, 2.75) is 57.8 Å². The van der Waals surface area contributed by atoms with Gasteiger partial charge in [-0.05, 0) is 102 Å². The van der Waals surface area contributed by atoms with Gasteiger partial charge < -0.3 is 4.57 Å². The molecule has 0 spiro atoms. The third-order valence-corrected chi connectivity index (χ3v) is 12.9. The summed E-state index contributed by atoms with van der Waals surface area (Å²) in [6.45, 7) is 4.85. The summed E-state index contributed by atoms with van der Waals surface area (Å²) >= 11 is 0. The molecule has 0 N–H and O–H groups in total. The van der Waals surface area contributed by atoms with Crippen molar-refractivity contribution in [2.75, 3.05) is 0 Å². The Morgan fingerprint density at radius 2 is 1.32 bits per heavy atom. The van der Waals surface area contributed by atoms with Crippen molar-refractivity contribution in [3.05, 3.63) is 157 Å². The molecule has 2 aromatic heterocycles. The van der Waals surface area contributed by atoms with Gasteiger partial charge in [-0.1, -0.05) is 136 Å². The zero-order valence-corrected chi connectivity index (χ0v) is 32.6. The minimum atomic E-state index is 0.290. The molecule has 278 valence electrons. The first-order chi connectivity index (χ1) is 28.0. The van der Waals surface area contributed by atoms with E-state index in [1.807, 2.05) is 30.3 Å². The molecule has 0 aliphatic heterocycles. The second-order valence-corrected chi connectivity index (χ2v) is 16.7. The molecular weight excluding hydrogens is 695 g/mol. The van der Waals surface area contributed by atoms with Crippen molar-refractivity contribution in [1.29, 1.82) is 5.26 Å². The largest absolute Gasteiger partial charge is 0.309 e. The lowest BCUT2D eigenvalue weighted by Crippen LogP contribution is -2.42. The fourth-order valence-electron chi connectivity index (χ4n) is 10.5. The van der Waals surface area contributed by atoms with Gasteiger partial charge in [0, 0.05) is 33.2 Å². The van der Waals surface area contributed by atoms with Gasteiger partial charge >= 0.3 is 0 Å². The number of para-hydroxylation sites is 1. The monoisotopic (exact) mass is 739 g/mol. The minimum absolute atomic E-state index is 0.290. The first-order valence-corrected chi connectivity index (χ1v) is 20.5. The van der Waals surface area contributed by atoms with Crippen molar-refractivity contribution in [1.82, 2.24) is 19.5 Å². The number of nitrogens with zero attached hydrogens (tertiary/aromatic N) is 5. The number of hydrogen-bond acceptors (Lipinski definition) is 4. The normalized spacial score (nSPS) is 20.4. The minimum Gasteiger partial charge on any atom is -0.309 e. The topological polar surface area (TPSA) is 67.4 Å². The average Bonchev–Trinajstić information content (AvgIpc) is 3.59. The molecule has 2 saturated carbocycles. The molecule has 57 heavy (non-hydrogen) atoms. The molecule has 2 bridgehead atoms. The van der Waals surface area contributed by atoms with Gasteiger partial charge in [0.15, 0.2) is 17.5 Å². The van der Waals surface area contributed by atoms with Crippen LogP contribution in [-0.2, 0) is 5.41 Å². The molecule has 2 heterocycles. The SMILES string of the molecule is CC[C@@H]1C[C@@H]2C[C@H](C)CC(c3ccc(-c4ccccc4-c4nc(-c5ccccc5)nc(-c5cccc(-n6c7ccccc7c7ccc(C#N)cc76)c5)n4)cc3)(C1)C2. The first kappa shape index (κ1) is 35.1. The Hall–Kier alpha value is -6.38. The number of nitriles is 1. The lowest BCUT2D eigenvalue weighted by atomic mass is 9.54. The second-order valence-electron chi connectivity index (χ2n) is 16.7. The van der Waals surface area contributed by atoms with Gasteiger partial charge in [-0.15, -0.1) is 0 Å². The van der Waals surface area contributed by atoms with Crippen LogP contribution in [0.4, 0.5) is 0 Å². The highest BCUT2D eigenvalue weighted by molar-refractivity contribution is 6.09. The van der Waals surface area contributed by atoms with E-state index in [0.29, 0.717) is 28.5 Å². The van der Waals surface area contributed by atoms with E-state index in [0.717, 1.165) is 67.5 Å². The molecule has 2 fully saturated rings. The molecule has 10 rings (SSSR count). The Morgan fingerprint density at radius 1 is 0.614 bits per heavy atom. The van der Waals surface area contributed by atoms with Crippen LogP contribution in [0.15, 0.2) is 146 Å². The Kier molecular flexibility index (Phi) is 8.79. The van der Waals surface area contributed by atoms with Crippen molar-refractivity contribution in [3.63, 3.8) is 0 Å². The number of fused-ring (bicyclic) bond motifs is 5. The van der Waals surface area contributed by atoms with Gasteiger partial charge in [-0.3, -0.25) is 0 Å². The van der Waals surface area contributed by atoms with Crippen LogP contribution in [0.1, 0.15) is 63.5 Å². The highest BCUT2D eigenvalue weighted by Gasteiger charge is 2.45. The quantitative estimate of drug-likeness (QED) is 0.163. The standard InChI is InChI=1S/C52H45N5/c1-3-35-27-37-26-34(2)30-52(31-35,32-37)41-23-21-38(22-24-41)43-16-7-8-18-46(43)51-55-49(39-12-5-4-6-13-39)54-50(56-51)40-14-11-15-42(29-40)57-47-19-10-9-17-44(47)45-25-20-36(33-53)28-48(45)57/h4-25,28-29,34-35,37H,3,26-27,30-32H2,1-2H3/t34-,35+,37-,52?/m0/s1. The maximum Gasteiger partial charge on any atom is 0.164 e. The molecule has 2 aliphatic rings. The summed E-state index contributed by atoms with van der Waals surface area (Å²) < 4.78 is 2.23. The van der Waals surface area contributed by atoms with Crippen LogP contribution in [0, 0.1) is 29.1 Å². The molecule has 4 atom stereocenters. The summed E-state index contributed by atoms with van der Waals surface area (Å²) in [6.07, 6.45) is 8.01. The van der Waals surface area contributed by atoms with Crippen LogP contribution in [-0.4, -0.2) is 19.5 Å². The maximum atomic E-state index is 9.80. The smallest absolute Gasteiger partial charge is 0.164 e. The van der Waals surface area contributed by atoms with Crippen molar-refractivity contribution < 1.29 is 0 Å². The van der Waals surface area contributed by atoms with Crippen molar-refractivity contribution in [2.24, 2.45) is 17.8 Å². The number of hydrogen-bond donors (Lipinski definition) is 0. The van der Waals surface area contributed by atoms with Gasteiger partial charge in [0.2, 0.25) is 0 Å². The third-order valence-electron chi connectivity index (χ3n) is 12.9. The lowest BCUT2D eigenvalue weighted by molar-refractivity contribution is 0.0702. The average molecular weight is 740 g/mol. The molecule has 0 saturated heterocycles. The molecule has 0 radical (unpaired) electrons. The van der Waals surface area contributed by atoms with E-state index in [1.54, 1.807) is 0 Å². The van der Waals surface area contributed by atoms with E-state index in [9.17, 15) is 5.26 Å². The first-order valence-electron chi connectivity index (χ1n) is 20.5. The van der Waals surface area contributed by atoms with Crippen molar-refractivity contribution in [3.8, 4) is 57.0 Å². The Balaban J connectivity index is 1.08. The van der Waals surface area contributed by atoms with Crippen LogP contribution in [0.25, 0.3) is 72.8 Å². The van der Waals surface area contributed by atoms with Gasteiger partial charge in [0.05, 0.1) is 22.7 Å². The zero-order valence-electron chi connectivity index (χ0n) is 32.6. The Bertz CT molecular complexity index is 2810. The van der Waals surface area contributed by atoms with E-state index in [-0.39, 0.29) is 0 Å². The fourth-order valence-corrected chi connectivity index (χ4v) is 10.5. The highest BCUT2D eigenvalue weighted by Crippen LogP contribution is 2.55. The zero-order chi connectivity index (χ0) is 38.5. The number of benzene rings is 6. The van der Waals surface area contributed by atoms with Gasteiger partial charge in [0.1, 0.15) is 0 Å². The highest BCUT2D eigenvalue weighted by atomic mass is 15.0. The molecular formula is C52H45N5. The molecule has 0 amide bonds. The molecule has 6 aromatic carbocycles.